The van der Waals surface area contributed by atoms with Gasteiger partial charge in [0.2, 0.25) is 10.0 Å². The summed E-state index contributed by atoms with van der Waals surface area (Å²) in [6.45, 7) is 1.49. The van der Waals surface area contributed by atoms with E-state index in [0.717, 1.165) is 48.1 Å². The minimum absolute atomic E-state index is 0.0716. The molecular weight excluding hydrogens is 345 g/mol. The molecule has 0 saturated heterocycles. The Kier molecular flexibility index (Phi) is 4.89. The third-order valence-electron chi connectivity index (χ3n) is 4.43. The highest BCUT2D eigenvalue weighted by atomic mass is 32.2. The highest BCUT2D eigenvalue weighted by Gasteiger charge is 2.18. The molecule has 0 fully saturated rings. The standard InChI is InChI=1S/C17H20FN3O3S/c1-2-25(23,24)21-16-10-11(7-8-14(16)18)9-15-12-5-3-4-6-13(12)17(22)20-19-15/h7-8,10,21H,2-6,9H2,1H3,(H,20,22). The molecule has 1 heterocycles. The Hall–Kier alpha value is -2.22. The molecule has 0 spiro atoms. The molecule has 25 heavy (non-hydrogen) atoms. The lowest BCUT2D eigenvalue weighted by atomic mass is 9.90. The van der Waals surface area contributed by atoms with Gasteiger partial charge in [0.15, 0.2) is 0 Å². The van der Waals surface area contributed by atoms with Gasteiger partial charge in [0, 0.05) is 12.0 Å². The van der Waals surface area contributed by atoms with E-state index in [1.165, 1.54) is 19.1 Å². The number of rotatable bonds is 5. The Morgan fingerprint density at radius 2 is 1.96 bits per heavy atom. The predicted molar refractivity (Wildman–Crippen MR) is 93.8 cm³/mol. The van der Waals surface area contributed by atoms with E-state index in [1.807, 2.05) is 0 Å². The molecule has 2 N–H and O–H groups in total. The van der Waals surface area contributed by atoms with Crippen LogP contribution in [0.4, 0.5) is 10.1 Å². The third kappa shape index (κ3) is 3.89. The first-order valence-electron chi connectivity index (χ1n) is 8.28. The number of sulfonamides is 1. The zero-order valence-corrected chi connectivity index (χ0v) is 14.7. The maximum absolute atomic E-state index is 13.9. The van der Waals surface area contributed by atoms with Gasteiger partial charge < -0.3 is 0 Å². The molecule has 1 aliphatic rings. The minimum Gasteiger partial charge on any atom is -0.281 e. The number of fused-ring (bicyclic) bond motifs is 1. The summed E-state index contributed by atoms with van der Waals surface area (Å²) >= 11 is 0. The number of hydrogen-bond donors (Lipinski definition) is 2. The molecule has 1 aromatic carbocycles. The average Bonchev–Trinajstić information content (AvgIpc) is 2.60. The van der Waals surface area contributed by atoms with Crippen molar-refractivity contribution in [3.05, 3.63) is 56.8 Å². The molecule has 0 atom stereocenters. The molecule has 0 saturated carbocycles. The summed E-state index contributed by atoms with van der Waals surface area (Å²) in [6, 6.07) is 4.31. The topological polar surface area (TPSA) is 91.9 Å². The van der Waals surface area contributed by atoms with Gasteiger partial charge in [0.25, 0.3) is 5.56 Å². The number of aromatic nitrogens is 2. The summed E-state index contributed by atoms with van der Waals surface area (Å²) in [5.41, 5.74) is 3.01. The quantitative estimate of drug-likeness (QED) is 0.849. The molecule has 1 aromatic heterocycles. The van der Waals surface area contributed by atoms with Crippen LogP contribution in [0.15, 0.2) is 23.0 Å². The average molecular weight is 365 g/mol. The van der Waals surface area contributed by atoms with Crippen LogP contribution in [-0.2, 0) is 29.3 Å². The van der Waals surface area contributed by atoms with E-state index in [0.29, 0.717) is 6.42 Å². The van der Waals surface area contributed by atoms with E-state index in [4.69, 9.17) is 0 Å². The van der Waals surface area contributed by atoms with Crippen molar-refractivity contribution in [1.29, 1.82) is 0 Å². The van der Waals surface area contributed by atoms with Crippen molar-refractivity contribution in [1.82, 2.24) is 10.2 Å². The van der Waals surface area contributed by atoms with E-state index in [1.54, 1.807) is 6.07 Å². The van der Waals surface area contributed by atoms with E-state index in [9.17, 15) is 17.6 Å². The molecule has 0 radical (unpaired) electrons. The van der Waals surface area contributed by atoms with Crippen molar-refractivity contribution in [2.75, 3.05) is 10.5 Å². The Morgan fingerprint density at radius 3 is 2.68 bits per heavy atom. The first kappa shape index (κ1) is 17.6. The summed E-state index contributed by atoms with van der Waals surface area (Å²) in [5, 5.41) is 6.69. The van der Waals surface area contributed by atoms with Gasteiger partial charge in [-0.25, -0.2) is 17.9 Å². The molecule has 0 bridgehead atoms. The minimum atomic E-state index is -3.56. The molecule has 1 aliphatic carbocycles. The Balaban J connectivity index is 1.93. The number of halogens is 1. The summed E-state index contributed by atoms with van der Waals surface area (Å²) in [6.07, 6.45) is 3.94. The van der Waals surface area contributed by atoms with Crippen LogP contribution in [0, 0.1) is 5.82 Å². The number of anilines is 1. The van der Waals surface area contributed by atoms with Crippen LogP contribution < -0.4 is 10.3 Å². The first-order chi connectivity index (χ1) is 11.9. The monoisotopic (exact) mass is 365 g/mol. The number of hydrogen-bond acceptors (Lipinski definition) is 4. The Labute approximate surface area is 145 Å². The third-order valence-corrected chi connectivity index (χ3v) is 5.72. The van der Waals surface area contributed by atoms with E-state index in [-0.39, 0.29) is 17.0 Å². The van der Waals surface area contributed by atoms with Crippen molar-refractivity contribution >= 4 is 15.7 Å². The normalized spacial score (nSPS) is 14.2. The largest absolute Gasteiger partial charge is 0.281 e. The lowest BCUT2D eigenvalue weighted by Gasteiger charge is -2.17. The molecule has 8 heteroatoms. The van der Waals surface area contributed by atoms with Crippen LogP contribution in [0.2, 0.25) is 0 Å². The fourth-order valence-corrected chi connectivity index (χ4v) is 3.70. The summed E-state index contributed by atoms with van der Waals surface area (Å²) in [7, 11) is -3.56. The van der Waals surface area contributed by atoms with Crippen molar-refractivity contribution in [3.8, 4) is 0 Å². The van der Waals surface area contributed by atoms with Crippen LogP contribution in [0.5, 0.6) is 0 Å². The molecule has 6 nitrogen and oxygen atoms in total. The highest BCUT2D eigenvalue weighted by molar-refractivity contribution is 7.92. The lowest BCUT2D eigenvalue weighted by Crippen LogP contribution is -2.23. The fraction of sp³-hybridized carbons (Fsp3) is 0.412. The van der Waals surface area contributed by atoms with Gasteiger partial charge in [-0.3, -0.25) is 9.52 Å². The Morgan fingerprint density at radius 1 is 1.24 bits per heavy atom. The molecule has 134 valence electrons. The van der Waals surface area contributed by atoms with E-state index >= 15 is 0 Å². The summed E-state index contributed by atoms with van der Waals surface area (Å²) in [4.78, 5) is 11.9. The Bertz CT molecular complexity index is 954. The van der Waals surface area contributed by atoms with E-state index in [2.05, 4.69) is 14.9 Å². The highest BCUT2D eigenvalue weighted by Crippen LogP contribution is 2.24. The van der Waals surface area contributed by atoms with Crippen LogP contribution >= 0.6 is 0 Å². The van der Waals surface area contributed by atoms with Crippen LogP contribution in [0.25, 0.3) is 0 Å². The zero-order valence-electron chi connectivity index (χ0n) is 13.9. The number of H-pyrrole nitrogens is 1. The fourth-order valence-electron chi connectivity index (χ4n) is 3.07. The molecular formula is C17H20FN3O3S. The second-order valence-electron chi connectivity index (χ2n) is 6.16. The summed E-state index contributed by atoms with van der Waals surface area (Å²) < 4.78 is 39.5. The van der Waals surface area contributed by atoms with Crippen molar-refractivity contribution in [2.24, 2.45) is 0 Å². The van der Waals surface area contributed by atoms with Crippen LogP contribution in [0.1, 0.15) is 42.1 Å². The molecule has 2 aromatic rings. The summed E-state index contributed by atoms with van der Waals surface area (Å²) in [5.74, 6) is -0.761. The van der Waals surface area contributed by atoms with Gasteiger partial charge in [-0.1, -0.05) is 6.07 Å². The van der Waals surface area contributed by atoms with Gasteiger partial charge in [0.1, 0.15) is 5.82 Å². The zero-order chi connectivity index (χ0) is 18.0. The second-order valence-corrected chi connectivity index (χ2v) is 8.17. The predicted octanol–water partition coefficient (Wildman–Crippen LogP) is 2.14. The number of nitrogens with one attached hydrogen (secondary N) is 2. The van der Waals surface area contributed by atoms with Gasteiger partial charge in [-0.2, -0.15) is 5.10 Å². The number of benzene rings is 1. The number of nitrogens with zero attached hydrogens (tertiary/aromatic N) is 1. The second kappa shape index (κ2) is 6.95. The van der Waals surface area contributed by atoms with Gasteiger partial charge in [0.05, 0.1) is 17.1 Å². The molecule has 3 rings (SSSR count). The maximum atomic E-state index is 13.9. The van der Waals surface area contributed by atoms with Crippen molar-refractivity contribution in [3.63, 3.8) is 0 Å². The van der Waals surface area contributed by atoms with Gasteiger partial charge in [-0.05, 0) is 55.9 Å². The van der Waals surface area contributed by atoms with Crippen LogP contribution in [0.3, 0.4) is 0 Å². The van der Waals surface area contributed by atoms with E-state index < -0.39 is 15.8 Å². The molecule has 0 unspecified atom stereocenters. The smallest absolute Gasteiger partial charge is 0.267 e. The van der Waals surface area contributed by atoms with Gasteiger partial charge >= 0.3 is 0 Å². The maximum Gasteiger partial charge on any atom is 0.267 e. The molecule has 0 amide bonds. The molecule has 0 aliphatic heterocycles. The SMILES string of the molecule is CCS(=O)(=O)Nc1cc(Cc2n[nH]c(=O)c3c2CCCC3)ccc1F. The first-order valence-corrected chi connectivity index (χ1v) is 9.93. The lowest BCUT2D eigenvalue weighted by molar-refractivity contribution is 0.599. The van der Waals surface area contributed by atoms with Crippen molar-refractivity contribution in [2.45, 2.75) is 39.0 Å². The van der Waals surface area contributed by atoms with Gasteiger partial charge in [-0.15, -0.1) is 0 Å². The van der Waals surface area contributed by atoms with Crippen LogP contribution in [-0.4, -0.2) is 24.4 Å². The van der Waals surface area contributed by atoms with Crippen molar-refractivity contribution < 1.29 is 12.8 Å². The number of aromatic amines is 1.